The van der Waals surface area contributed by atoms with Crippen LogP contribution in [0.25, 0.3) is 0 Å². The lowest BCUT2D eigenvalue weighted by Gasteiger charge is -2.32. The van der Waals surface area contributed by atoms with E-state index in [1.165, 1.54) is 141 Å². The Kier molecular flexibility index (Phi) is 35.4. The molecule has 2 aliphatic rings. The molecular weight excluding hydrogens is 909 g/mol. The van der Waals surface area contributed by atoms with Crippen molar-refractivity contribution in [2.75, 3.05) is 13.2 Å². The van der Waals surface area contributed by atoms with Gasteiger partial charge >= 0.3 is 24.1 Å². The predicted octanol–water partition coefficient (Wildman–Crippen LogP) is 14.9. The number of aryl methyl sites for hydroxylation is 1. The Morgan fingerprint density at radius 3 is 1.47 bits per heavy atom. The van der Waals surface area contributed by atoms with Gasteiger partial charge in [0.25, 0.3) is 0 Å². The molecule has 72 heavy (non-hydrogen) atoms. The highest BCUT2D eigenvalue weighted by Crippen LogP contribution is 2.42. The Balaban J connectivity index is 1.51. The molecule has 1 saturated carbocycles. The maximum absolute atomic E-state index is 14.2. The lowest BCUT2D eigenvalue weighted by Crippen LogP contribution is -2.55. The number of unbranched alkanes of at least 4 members (excludes halogenated alkanes) is 28. The van der Waals surface area contributed by atoms with Crippen molar-refractivity contribution in [3.8, 4) is 0 Å². The molecule has 2 N–H and O–H groups in total. The molecule has 0 spiro atoms. The second-order valence-electron chi connectivity index (χ2n) is 21.4. The maximum Gasteiger partial charge on any atom is 0.507 e. The number of benzene rings is 1. The van der Waals surface area contributed by atoms with Gasteiger partial charge in [0, 0.05) is 25.3 Å². The highest BCUT2D eigenvalue weighted by atomic mass is 16.7. The SMILES string of the molecule is CCCCCCCCCCCCCCCCCC(=O)OCC(COC(=O)CCCCCCCCCCCCCCCCC)OC(=O)[C@H](CCc1ccccc1)N[C@@H](C)C(=O)N1[C@@H](OC(=O)O)C[C@@H]2CCC[C@@H]21. The number of hydrogen-bond donors (Lipinski definition) is 2. The van der Waals surface area contributed by atoms with Gasteiger partial charge in [0.15, 0.2) is 12.3 Å². The second-order valence-corrected chi connectivity index (χ2v) is 21.4. The summed E-state index contributed by atoms with van der Waals surface area (Å²) in [6, 6.07) is 7.74. The molecule has 5 atom stereocenters. The average Bonchev–Trinajstić information content (AvgIpc) is 3.96. The van der Waals surface area contributed by atoms with E-state index in [4.69, 9.17) is 18.9 Å². The number of esters is 3. The molecule has 1 aliphatic carbocycles. The Morgan fingerprint density at radius 1 is 0.611 bits per heavy atom. The summed E-state index contributed by atoms with van der Waals surface area (Å²) in [4.78, 5) is 67.5. The first kappa shape index (κ1) is 62.6. The van der Waals surface area contributed by atoms with Gasteiger partial charge in [-0.15, -0.1) is 0 Å². The number of amides is 1. The summed E-state index contributed by atoms with van der Waals surface area (Å²) in [5.74, 6) is -1.62. The molecule has 1 amide bonds. The van der Waals surface area contributed by atoms with Crippen LogP contribution in [-0.4, -0.2) is 83.6 Å². The fraction of sp³-hybridized carbons (Fsp3) is 0.817. The second kappa shape index (κ2) is 40.7. The summed E-state index contributed by atoms with van der Waals surface area (Å²) in [6.45, 7) is 5.66. The van der Waals surface area contributed by atoms with E-state index in [-0.39, 0.29) is 62.3 Å². The first-order valence-corrected chi connectivity index (χ1v) is 29.7. The van der Waals surface area contributed by atoms with Crippen LogP contribution < -0.4 is 5.32 Å². The Morgan fingerprint density at radius 2 is 1.04 bits per heavy atom. The molecule has 0 unspecified atom stereocenters. The molecule has 0 aromatic heterocycles. The fourth-order valence-electron chi connectivity index (χ4n) is 10.8. The summed E-state index contributed by atoms with van der Waals surface area (Å²) in [5, 5.41) is 12.7. The van der Waals surface area contributed by atoms with Crippen molar-refractivity contribution >= 4 is 30.0 Å². The number of nitrogens with zero attached hydrogens (tertiary/aromatic N) is 1. The minimum absolute atomic E-state index is 0.127. The predicted molar refractivity (Wildman–Crippen MR) is 288 cm³/mol. The smallest absolute Gasteiger partial charge is 0.462 e. The van der Waals surface area contributed by atoms with E-state index < -0.39 is 36.5 Å². The van der Waals surface area contributed by atoms with Crippen molar-refractivity contribution in [2.24, 2.45) is 5.92 Å². The highest BCUT2D eigenvalue weighted by Gasteiger charge is 2.49. The van der Waals surface area contributed by atoms with Crippen LogP contribution in [0, 0.1) is 5.92 Å². The normalized spacial score (nSPS) is 17.2. The zero-order chi connectivity index (χ0) is 51.9. The molecule has 1 saturated heterocycles. The number of hydrogen-bond acceptors (Lipinski definition) is 10. The molecule has 412 valence electrons. The minimum Gasteiger partial charge on any atom is -0.462 e. The molecule has 0 bridgehead atoms. The van der Waals surface area contributed by atoms with Crippen molar-refractivity contribution in [3.63, 3.8) is 0 Å². The van der Waals surface area contributed by atoms with E-state index in [0.717, 1.165) is 63.4 Å². The van der Waals surface area contributed by atoms with Gasteiger partial charge in [-0.3, -0.25) is 24.5 Å². The number of carboxylic acid groups (broad SMARTS) is 1. The van der Waals surface area contributed by atoms with Crippen molar-refractivity contribution in [2.45, 2.75) is 295 Å². The van der Waals surface area contributed by atoms with Gasteiger partial charge in [0.05, 0.1) is 6.04 Å². The Bertz CT molecular complexity index is 1530. The zero-order valence-electron chi connectivity index (χ0n) is 45.7. The molecule has 12 heteroatoms. The minimum atomic E-state index is -1.43. The van der Waals surface area contributed by atoms with E-state index in [0.29, 0.717) is 25.7 Å². The molecule has 3 rings (SSSR count). The topological polar surface area (TPSA) is 158 Å². The third-order valence-electron chi connectivity index (χ3n) is 15.1. The summed E-state index contributed by atoms with van der Waals surface area (Å²) >= 11 is 0. The van der Waals surface area contributed by atoms with Gasteiger partial charge in [-0.2, -0.15) is 0 Å². The molecule has 1 aromatic rings. The molecule has 2 fully saturated rings. The third kappa shape index (κ3) is 28.7. The van der Waals surface area contributed by atoms with Crippen LogP contribution in [0.4, 0.5) is 4.79 Å². The molecule has 1 aliphatic heterocycles. The van der Waals surface area contributed by atoms with Crippen LogP contribution in [0.5, 0.6) is 0 Å². The number of rotatable bonds is 45. The first-order valence-electron chi connectivity index (χ1n) is 29.7. The van der Waals surface area contributed by atoms with E-state index in [9.17, 15) is 29.1 Å². The summed E-state index contributed by atoms with van der Waals surface area (Å²) in [5.41, 5.74) is 0.997. The molecule has 1 aromatic carbocycles. The third-order valence-corrected chi connectivity index (χ3v) is 15.1. The lowest BCUT2D eigenvalue weighted by molar-refractivity contribution is -0.168. The quantitative estimate of drug-likeness (QED) is 0.0364. The van der Waals surface area contributed by atoms with Crippen molar-refractivity contribution < 1.29 is 48.0 Å². The average molecular weight is 1010 g/mol. The highest BCUT2D eigenvalue weighted by molar-refractivity contribution is 5.84. The first-order chi connectivity index (χ1) is 35.1. The van der Waals surface area contributed by atoms with Gasteiger partial charge < -0.3 is 29.0 Å². The zero-order valence-corrected chi connectivity index (χ0v) is 45.7. The van der Waals surface area contributed by atoms with E-state index in [1.807, 2.05) is 30.3 Å². The summed E-state index contributed by atoms with van der Waals surface area (Å²) in [7, 11) is 0. The fourth-order valence-corrected chi connectivity index (χ4v) is 10.8. The van der Waals surface area contributed by atoms with Crippen LogP contribution in [0.1, 0.15) is 264 Å². The summed E-state index contributed by atoms with van der Waals surface area (Å²) < 4.78 is 22.6. The van der Waals surface area contributed by atoms with Crippen LogP contribution in [0.2, 0.25) is 0 Å². The number of likely N-dealkylation sites (tertiary alicyclic amines) is 1. The van der Waals surface area contributed by atoms with Crippen molar-refractivity contribution in [3.05, 3.63) is 35.9 Å². The maximum atomic E-state index is 14.2. The van der Waals surface area contributed by atoms with Crippen LogP contribution in [0.15, 0.2) is 30.3 Å². The van der Waals surface area contributed by atoms with Crippen molar-refractivity contribution in [1.82, 2.24) is 10.2 Å². The number of carbonyl (C=O) groups excluding carboxylic acids is 4. The largest absolute Gasteiger partial charge is 0.507 e. The lowest BCUT2D eigenvalue weighted by atomic mass is 10.0. The monoisotopic (exact) mass is 1010 g/mol. The Hall–Kier alpha value is -3.67. The summed E-state index contributed by atoms with van der Waals surface area (Å²) in [6.07, 6.45) is 37.9. The molecule has 0 radical (unpaired) electrons. The molecule has 12 nitrogen and oxygen atoms in total. The van der Waals surface area contributed by atoms with Gasteiger partial charge in [-0.05, 0) is 56.9 Å². The van der Waals surface area contributed by atoms with Crippen molar-refractivity contribution in [1.29, 1.82) is 0 Å². The standard InChI is InChI=1S/C60H102N2O10/c1-4-6-8-10-12-14-16-18-20-22-24-26-28-30-35-42-56(63)69-47-52(48-70-57(64)43-36-31-29-27-25-23-21-19-17-15-13-11-9-7-5-2)71-59(66)53(45-44-50-38-33-32-34-39-50)61-49(3)58(65)62-54-41-37-40-51(54)46-55(62)72-60(67)68/h32-34,38-39,49,51-55,61H,4-31,35-37,40-48H2,1-3H3,(H,67,68)/t49-,51-,53-,54-,55-/m0/s1. The molecular formula is C60H102N2O10. The van der Waals surface area contributed by atoms with Gasteiger partial charge in [0.2, 0.25) is 5.91 Å². The van der Waals surface area contributed by atoms with Gasteiger partial charge in [-0.1, -0.05) is 230 Å². The van der Waals surface area contributed by atoms with E-state index in [1.54, 1.807) is 11.8 Å². The van der Waals surface area contributed by atoms with Gasteiger partial charge in [0.1, 0.15) is 19.3 Å². The van der Waals surface area contributed by atoms with Crippen LogP contribution >= 0.6 is 0 Å². The molecule has 1 heterocycles. The van der Waals surface area contributed by atoms with E-state index >= 15 is 0 Å². The Labute approximate surface area is 436 Å². The number of fused-ring (bicyclic) bond motifs is 1. The van der Waals surface area contributed by atoms with Gasteiger partial charge in [-0.25, -0.2) is 4.79 Å². The van der Waals surface area contributed by atoms with E-state index in [2.05, 4.69) is 19.2 Å². The number of nitrogens with one attached hydrogen (secondary N) is 1. The number of ether oxygens (including phenoxy) is 4. The van der Waals surface area contributed by atoms with Crippen LogP contribution in [0.3, 0.4) is 0 Å². The van der Waals surface area contributed by atoms with Crippen LogP contribution in [-0.2, 0) is 44.5 Å². The number of carbonyl (C=O) groups is 5.